The summed E-state index contributed by atoms with van der Waals surface area (Å²) in [4.78, 5) is 0. The monoisotopic (exact) mass is 557 g/mol. The number of rotatable bonds is 14. The Morgan fingerprint density at radius 3 is 1.12 bits per heavy atom. The maximum Gasteiger partial charge on any atom is 0.0575 e. The molecular formula is C38H68O2. The van der Waals surface area contributed by atoms with Crippen molar-refractivity contribution in [3.63, 3.8) is 0 Å². The number of ether oxygens (including phenoxy) is 2. The summed E-state index contributed by atoms with van der Waals surface area (Å²) in [5.41, 5.74) is 1.54. The van der Waals surface area contributed by atoms with Crippen molar-refractivity contribution in [3.8, 4) is 0 Å². The Morgan fingerprint density at radius 2 is 0.775 bits per heavy atom. The van der Waals surface area contributed by atoms with Crippen LogP contribution in [0.25, 0.3) is 0 Å². The zero-order valence-corrected chi connectivity index (χ0v) is 27.1. The average molecular weight is 557 g/mol. The lowest BCUT2D eigenvalue weighted by atomic mass is 9.43. The van der Waals surface area contributed by atoms with Crippen LogP contribution < -0.4 is 0 Å². The minimum absolute atomic E-state index is 0.582. The van der Waals surface area contributed by atoms with Crippen molar-refractivity contribution < 1.29 is 9.47 Å². The van der Waals surface area contributed by atoms with Gasteiger partial charge in [0, 0.05) is 13.2 Å². The Morgan fingerprint density at radius 1 is 0.425 bits per heavy atom. The van der Waals surface area contributed by atoms with Crippen molar-refractivity contribution in [2.45, 2.75) is 193 Å². The molecule has 5 rings (SSSR count). The maximum atomic E-state index is 6.26. The summed E-state index contributed by atoms with van der Waals surface area (Å²) in [5.74, 6) is 4.12. The second kappa shape index (κ2) is 15.6. The number of hydrogen-bond donors (Lipinski definition) is 0. The highest BCUT2D eigenvalue weighted by atomic mass is 16.5. The molecule has 0 atom stereocenters. The summed E-state index contributed by atoms with van der Waals surface area (Å²) in [6.45, 7) is 6.61. The van der Waals surface area contributed by atoms with Crippen LogP contribution in [0.3, 0.4) is 0 Å². The lowest BCUT2D eigenvalue weighted by Gasteiger charge is -2.62. The van der Waals surface area contributed by atoms with Crippen LogP contribution in [-0.2, 0) is 9.47 Å². The summed E-state index contributed by atoms with van der Waals surface area (Å²) < 4.78 is 12.5. The molecule has 40 heavy (non-hydrogen) atoms. The Kier molecular flexibility index (Phi) is 12.2. The van der Waals surface area contributed by atoms with Gasteiger partial charge in [-0.15, -0.1) is 0 Å². The van der Waals surface area contributed by atoms with E-state index in [0.717, 1.165) is 47.7 Å². The summed E-state index contributed by atoms with van der Waals surface area (Å²) in [5, 5.41) is 0. The van der Waals surface area contributed by atoms with E-state index in [1.54, 1.807) is 64.2 Å². The lowest BCUT2D eigenvalue weighted by Crippen LogP contribution is -2.50. The molecule has 0 bridgehead atoms. The van der Waals surface area contributed by atoms with Gasteiger partial charge >= 0.3 is 0 Å². The third-order valence-electron chi connectivity index (χ3n) is 13.2. The van der Waals surface area contributed by atoms with Crippen LogP contribution in [0.15, 0.2) is 0 Å². The number of unbranched alkanes of at least 4 members (excludes halogenated alkanes) is 6. The topological polar surface area (TPSA) is 18.5 Å². The van der Waals surface area contributed by atoms with E-state index in [0.29, 0.717) is 12.2 Å². The van der Waals surface area contributed by atoms with Crippen LogP contribution in [0.5, 0.6) is 0 Å². The van der Waals surface area contributed by atoms with Gasteiger partial charge < -0.3 is 9.47 Å². The predicted molar refractivity (Wildman–Crippen MR) is 170 cm³/mol. The molecule has 5 fully saturated rings. The van der Waals surface area contributed by atoms with Gasteiger partial charge in [0.1, 0.15) is 0 Å². The van der Waals surface area contributed by atoms with E-state index in [-0.39, 0.29) is 0 Å². The van der Waals surface area contributed by atoms with E-state index in [2.05, 4.69) is 13.8 Å². The van der Waals surface area contributed by atoms with Gasteiger partial charge in [0.2, 0.25) is 0 Å². The molecule has 5 aliphatic rings. The summed E-state index contributed by atoms with van der Waals surface area (Å²) in [6, 6.07) is 0. The van der Waals surface area contributed by atoms with Gasteiger partial charge in [-0.05, 0) is 163 Å². The lowest BCUT2D eigenvalue weighted by molar-refractivity contribution is -0.111. The molecule has 2 spiro atoms. The summed E-state index contributed by atoms with van der Waals surface area (Å²) >= 11 is 0. The van der Waals surface area contributed by atoms with E-state index in [4.69, 9.17) is 9.47 Å². The van der Waals surface area contributed by atoms with Gasteiger partial charge in [-0.25, -0.2) is 0 Å². The Labute approximate surface area is 249 Å². The first-order chi connectivity index (χ1) is 19.6. The molecule has 0 heterocycles. The van der Waals surface area contributed by atoms with Crippen LogP contribution in [0.2, 0.25) is 0 Å². The zero-order valence-electron chi connectivity index (χ0n) is 27.1. The molecule has 0 unspecified atom stereocenters. The minimum Gasteiger partial charge on any atom is -0.378 e. The molecule has 5 aliphatic carbocycles. The molecule has 0 aromatic rings. The molecule has 2 nitrogen and oxygen atoms in total. The molecule has 5 saturated carbocycles. The number of hydrogen-bond acceptors (Lipinski definition) is 2. The second-order valence-corrected chi connectivity index (χ2v) is 16.0. The first-order valence-corrected chi connectivity index (χ1v) is 18.9. The van der Waals surface area contributed by atoms with Crippen molar-refractivity contribution in [3.05, 3.63) is 0 Å². The van der Waals surface area contributed by atoms with Crippen LogP contribution >= 0.6 is 0 Å². The highest BCUT2D eigenvalue weighted by molar-refractivity contribution is 5.07. The fourth-order valence-corrected chi connectivity index (χ4v) is 10.7. The van der Waals surface area contributed by atoms with E-state index in [9.17, 15) is 0 Å². The van der Waals surface area contributed by atoms with E-state index >= 15 is 0 Å². The standard InChI is InChI=1S/C38H68O2/c1-3-5-7-9-27-39-35-15-11-31(12-16-35)33-19-23-37(24-20-33)29-38(30-37)25-21-34(22-26-38)32-13-17-36(18-14-32)40-28-10-8-6-4-2/h31-36H,3-30H2,1-2H3. The average Bonchev–Trinajstić information content (AvgIpc) is 2.98. The first kappa shape index (κ1) is 31.3. The van der Waals surface area contributed by atoms with Crippen LogP contribution in [-0.4, -0.2) is 25.4 Å². The molecule has 232 valence electrons. The Balaban J connectivity index is 0.930. The van der Waals surface area contributed by atoms with E-state index in [1.165, 1.54) is 103 Å². The van der Waals surface area contributed by atoms with E-state index in [1.807, 2.05) is 0 Å². The van der Waals surface area contributed by atoms with Crippen molar-refractivity contribution >= 4 is 0 Å². The summed E-state index contributed by atoms with van der Waals surface area (Å²) in [6.07, 6.45) is 38.7. The normalized spacial score (nSPS) is 40.4. The molecule has 0 aliphatic heterocycles. The first-order valence-electron chi connectivity index (χ1n) is 18.9. The Hall–Kier alpha value is -0.0800. The highest BCUT2D eigenvalue weighted by Gasteiger charge is 2.56. The van der Waals surface area contributed by atoms with Gasteiger partial charge in [-0.3, -0.25) is 0 Å². The largest absolute Gasteiger partial charge is 0.378 e. The van der Waals surface area contributed by atoms with Gasteiger partial charge in [0.15, 0.2) is 0 Å². The van der Waals surface area contributed by atoms with Crippen molar-refractivity contribution in [2.75, 3.05) is 13.2 Å². The highest BCUT2D eigenvalue weighted by Crippen LogP contribution is 2.67. The molecule has 0 N–H and O–H groups in total. The minimum atomic E-state index is 0.582. The van der Waals surface area contributed by atoms with Gasteiger partial charge in [-0.1, -0.05) is 52.4 Å². The predicted octanol–water partition coefficient (Wildman–Crippen LogP) is 11.4. The van der Waals surface area contributed by atoms with Crippen LogP contribution in [0.1, 0.15) is 181 Å². The third-order valence-corrected chi connectivity index (χ3v) is 13.2. The second-order valence-electron chi connectivity index (χ2n) is 16.0. The SMILES string of the molecule is CCCCCCOC1CCC(C2CCC3(CC2)CC2(CCC(C4CCC(OCCCCCC)CC4)CC2)C3)CC1. The molecule has 0 amide bonds. The fourth-order valence-electron chi connectivity index (χ4n) is 10.7. The van der Waals surface area contributed by atoms with Crippen molar-refractivity contribution in [1.82, 2.24) is 0 Å². The van der Waals surface area contributed by atoms with Gasteiger partial charge in [0.25, 0.3) is 0 Å². The molecule has 0 radical (unpaired) electrons. The van der Waals surface area contributed by atoms with Gasteiger partial charge in [-0.2, -0.15) is 0 Å². The van der Waals surface area contributed by atoms with Crippen LogP contribution in [0.4, 0.5) is 0 Å². The van der Waals surface area contributed by atoms with Crippen molar-refractivity contribution in [2.24, 2.45) is 34.5 Å². The maximum absolute atomic E-state index is 6.26. The molecular weight excluding hydrogens is 488 g/mol. The third kappa shape index (κ3) is 8.51. The Bertz CT molecular complexity index is 616. The van der Waals surface area contributed by atoms with Crippen molar-refractivity contribution in [1.29, 1.82) is 0 Å². The zero-order chi connectivity index (χ0) is 27.7. The van der Waals surface area contributed by atoms with E-state index < -0.39 is 0 Å². The molecule has 0 aromatic heterocycles. The molecule has 0 aromatic carbocycles. The van der Waals surface area contributed by atoms with Crippen LogP contribution in [0, 0.1) is 34.5 Å². The summed E-state index contributed by atoms with van der Waals surface area (Å²) in [7, 11) is 0. The fraction of sp³-hybridized carbons (Fsp3) is 1.00. The molecule has 2 heteroatoms. The molecule has 0 saturated heterocycles. The smallest absolute Gasteiger partial charge is 0.0575 e. The van der Waals surface area contributed by atoms with Gasteiger partial charge in [0.05, 0.1) is 12.2 Å². The quantitative estimate of drug-likeness (QED) is 0.198.